The van der Waals surface area contributed by atoms with Crippen LogP contribution in [-0.4, -0.2) is 60.5 Å². The lowest BCUT2D eigenvalue weighted by molar-refractivity contribution is -0.120. The smallest absolute Gasteiger partial charge is 0.280 e. The number of nitrogens with one attached hydrogen (secondary N) is 2. The molecule has 23 heavy (non-hydrogen) atoms. The normalized spacial score (nSPS) is 27.4. The maximum Gasteiger partial charge on any atom is 0.280 e. The number of amides is 1. The fourth-order valence-electron chi connectivity index (χ4n) is 2.50. The number of carbonyl (C=O) groups excluding carboxylic acids is 1. The Balaban J connectivity index is 1.93. The van der Waals surface area contributed by atoms with E-state index in [0.717, 1.165) is 0 Å². The molecule has 3 heterocycles. The maximum absolute atomic E-state index is 11.8. The molecule has 0 bridgehead atoms. The van der Waals surface area contributed by atoms with Crippen LogP contribution in [0.3, 0.4) is 0 Å². The minimum Gasteiger partial charge on any atom is -0.387 e. The van der Waals surface area contributed by atoms with Crippen molar-refractivity contribution in [3.63, 3.8) is 0 Å². The first-order valence-electron chi connectivity index (χ1n) is 6.87. The van der Waals surface area contributed by atoms with E-state index in [0.29, 0.717) is 0 Å². The minimum atomic E-state index is -1.28. The molecule has 11 heteroatoms. The second kappa shape index (κ2) is 5.61. The molecule has 0 saturated carbocycles. The third kappa shape index (κ3) is 2.65. The largest absolute Gasteiger partial charge is 0.387 e. The molecule has 124 valence electrons. The summed E-state index contributed by atoms with van der Waals surface area (Å²) in [4.78, 5) is 32.9. The lowest BCUT2D eigenvalue weighted by Gasteiger charge is -2.16. The highest BCUT2D eigenvalue weighted by atomic mass is 16.6. The monoisotopic (exact) mass is 324 g/mol. The number of aliphatic hydroxyl groups excluding tert-OH is 2. The molecular weight excluding hydrogens is 308 g/mol. The van der Waals surface area contributed by atoms with Gasteiger partial charge in [-0.05, 0) is 0 Å². The molecule has 3 rings (SSSR count). The molecule has 0 spiro atoms. The van der Waals surface area contributed by atoms with Crippen LogP contribution in [-0.2, 0) is 9.53 Å². The lowest BCUT2D eigenvalue weighted by Crippen LogP contribution is -2.39. The summed E-state index contributed by atoms with van der Waals surface area (Å²) in [7, 11) is 0. The Kier molecular flexibility index (Phi) is 3.75. The van der Waals surface area contributed by atoms with Gasteiger partial charge in [-0.3, -0.25) is 19.1 Å². The van der Waals surface area contributed by atoms with E-state index >= 15 is 0 Å². The standard InChI is InChI=1S/C12H16N6O5/c1-4(19)14-2-5-7(20)8(21)11(23-5)18-3-15-6-9(18)16-12(13)17-10(6)22/h3,5,7-8,11,20-21H,2H2,1H3,(H,14,19)(H3,13,16,17,22). The number of hydrogen-bond acceptors (Lipinski definition) is 8. The van der Waals surface area contributed by atoms with Crippen LogP contribution < -0.4 is 16.6 Å². The summed E-state index contributed by atoms with van der Waals surface area (Å²) in [5.41, 5.74) is 5.16. The van der Waals surface area contributed by atoms with E-state index < -0.39 is 30.1 Å². The van der Waals surface area contributed by atoms with Crippen LogP contribution in [0.25, 0.3) is 11.2 Å². The van der Waals surface area contributed by atoms with Crippen LogP contribution in [0.2, 0.25) is 0 Å². The second-order valence-corrected chi connectivity index (χ2v) is 5.26. The molecule has 0 radical (unpaired) electrons. The van der Waals surface area contributed by atoms with Crippen molar-refractivity contribution in [3.8, 4) is 0 Å². The predicted molar refractivity (Wildman–Crippen MR) is 77.2 cm³/mol. The molecule has 6 N–H and O–H groups in total. The Morgan fingerprint density at radius 3 is 2.96 bits per heavy atom. The molecular formula is C12H16N6O5. The number of aromatic nitrogens is 4. The Morgan fingerprint density at radius 1 is 1.52 bits per heavy atom. The zero-order valence-corrected chi connectivity index (χ0v) is 12.1. The van der Waals surface area contributed by atoms with Gasteiger partial charge in [-0.1, -0.05) is 0 Å². The molecule has 4 unspecified atom stereocenters. The molecule has 0 aromatic carbocycles. The van der Waals surface area contributed by atoms with Gasteiger partial charge in [0.2, 0.25) is 11.9 Å². The maximum atomic E-state index is 11.8. The van der Waals surface area contributed by atoms with E-state index in [-0.39, 0.29) is 29.6 Å². The van der Waals surface area contributed by atoms with E-state index in [1.807, 2.05) is 0 Å². The van der Waals surface area contributed by atoms with Gasteiger partial charge in [-0.2, -0.15) is 4.98 Å². The van der Waals surface area contributed by atoms with Crippen molar-refractivity contribution in [2.45, 2.75) is 31.5 Å². The highest BCUT2D eigenvalue weighted by Gasteiger charge is 2.44. The first-order valence-corrected chi connectivity index (χ1v) is 6.87. The fraction of sp³-hybridized carbons (Fsp3) is 0.500. The van der Waals surface area contributed by atoms with Gasteiger partial charge in [0.15, 0.2) is 17.4 Å². The summed E-state index contributed by atoms with van der Waals surface area (Å²) in [5, 5.41) is 22.7. The Morgan fingerprint density at radius 2 is 2.26 bits per heavy atom. The summed E-state index contributed by atoms with van der Waals surface area (Å²) in [6, 6.07) is 0. The number of nitrogens with two attached hydrogens (primary N) is 1. The number of rotatable bonds is 3. The number of ether oxygens (including phenoxy) is 1. The molecule has 4 atom stereocenters. The average Bonchev–Trinajstić information content (AvgIpc) is 3.00. The van der Waals surface area contributed by atoms with Gasteiger partial charge >= 0.3 is 0 Å². The van der Waals surface area contributed by atoms with Gasteiger partial charge < -0.3 is 26.0 Å². The number of carbonyl (C=O) groups is 1. The van der Waals surface area contributed by atoms with Crippen LogP contribution >= 0.6 is 0 Å². The summed E-state index contributed by atoms with van der Waals surface area (Å²) < 4.78 is 6.91. The van der Waals surface area contributed by atoms with E-state index in [2.05, 4.69) is 20.3 Å². The Hall–Kier alpha value is -2.50. The molecule has 0 aliphatic carbocycles. The summed E-state index contributed by atoms with van der Waals surface area (Å²) in [6.45, 7) is 1.37. The van der Waals surface area contributed by atoms with Crippen LogP contribution in [0, 0.1) is 0 Å². The third-order valence-electron chi connectivity index (χ3n) is 3.61. The van der Waals surface area contributed by atoms with E-state index in [1.54, 1.807) is 0 Å². The van der Waals surface area contributed by atoms with E-state index in [1.165, 1.54) is 17.8 Å². The van der Waals surface area contributed by atoms with Crippen LogP contribution in [0.15, 0.2) is 11.1 Å². The number of nitrogens with zero attached hydrogens (tertiary/aromatic N) is 3. The van der Waals surface area contributed by atoms with Crippen molar-refractivity contribution < 1.29 is 19.7 Å². The molecule has 2 aromatic heterocycles. The van der Waals surface area contributed by atoms with Gasteiger partial charge in [0.25, 0.3) is 5.56 Å². The fourth-order valence-corrected chi connectivity index (χ4v) is 2.50. The number of aliphatic hydroxyl groups is 2. The zero-order chi connectivity index (χ0) is 16.7. The zero-order valence-electron chi connectivity index (χ0n) is 12.1. The number of anilines is 1. The van der Waals surface area contributed by atoms with Crippen molar-refractivity contribution in [1.29, 1.82) is 0 Å². The summed E-state index contributed by atoms with van der Waals surface area (Å²) in [5.74, 6) is -0.389. The predicted octanol–water partition coefficient (Wildman–Crippen LogP) is -2.54. The topological polar surface area (TPSA) is 168 Å². The summed E-state index contributed by atoms with van der Waals surface area (Å²) >= 11 is 0. The SMILES string of the molecule is CC(=O)NCC1OC(n2cnc3c(=O)[nH]c(N)nc32)C(O)C1O. The van der Waals surface area contributed by atoms with Crippen molar-refractivity contribution in [2.24, 2.45) is 0 Å². The van der Waals surface area contributed by atoms with Crippen molar-refractivity contribution in [2.75, 3.05) is 12.3 Å². The molecule has 1 saturated heterocycles. The quantitative estimate of drug-likeness (QED) is 0.411. The number of nitrogen functional groups attached to an aromatic ring is 1. The van der Waals surface area contributed by atoms with Gasteiger partial charge in [0, 0.05) is 13.5 Å². The second-order valence-electron chi connectivity index (χ2n) is 5.26. The number of H-pyrrole nitrogens is 1. The number of hydrogen-bond donors (Lipinski definition) is 5. The molecule has 1 amide bonds. The Bertz CT molecular complexity index is 801. The highest BCUT2D eigenvalue weighted by Crippen LogP contribution is 2.30. The molecule has 11 nitrogen and oxygen atoms in total. The van der Waals surface area contributed by atoms with Gasteiger partial charge in [0.1, 0.15) is 18.3 Å². The van der Waals surface area contributed by atoms with Gasteiger partial charge in [-0.25, -0.2) is 4.98 Å². The first kappa shape index (κ1) is 15.4. The van der Waals surface area contributed by atoms with Crippen molar-refractivity contribution in [1.82, 2.24) is 24.8 Å². The van der Waals surface area contributed by atoms with Crippen molar-refractivity contribution >= 4 is 23.0 Å². The first-order chi connectivity index (χ1) is 10.9. The van der Waals surface area contributed by atoms with Gasteiger partial charge in [0.05, 0.1) is 6.33 Å². The highest BCUT2D eigenvalue weighted by molar-refractivity contribution is 5.72. The number of aromatic amines is 1. The van der Waals surface area contributed by atoms with Gasteiger partial charge in [-0.15, -0.1) is 0 Å². The van der Waals surface area contributed by atoms with Crippen LogP contribution in [0.1, 0.15) is 13.2 Å². The van der Waals surface area contributed by atoms with E-state index in [4.69, 9.17) is 10.5 Å². The molecule has 1 fully saturated rings. The third-order valence-corrected chi connectivity index (χ3v) is 3.61. The van der Waals surface area contributed by atoms with Crippen LogP contribution in [0.5, 0.6) is 0 Å². The molecule has 2 aromatic rings. The van der Waals surface area contributed by atoms with Crippen molar-refractivity contribution in [3.05, 3.63) is 16.7 Å². The van der Waals surface area contributed by atoms with Crippen LogP contribution in [0.4, 0.5) is 5.95 Å². The summed E-state index contributed by atoms with van der Waals surface area (Å²) in [6.07, 6.45) is -3.05. The Labute approximate surface area is 129 Å². The lowest BCUT2D eigenvalue weighted by atomic mass is 10.1. The minimum absolute atomic E-state index is 0.0346. The molecule has 1 aliphatic heterocycles. The molecule has 1 aliphatic rings. The van der Waals surface area contributed by atoms with E-state index in [9.17, 15) is 19.8 Å². The number of imidazole rings is 1. The number of fused-ring (bicyclic) bond motifs is 1. The average molecular weight is 324 g/mol.